The molecule has 1 atom stereocenters. The van der Waals surface area contributed by atoms with Gasteiger partial charge < -0.3 is 14.8 Å². The lowest BCUT2D eigenvalue weighted by Gasteiger charge is -2.16. The van der Waals surface area contributed by atoms with Crippen LogP contribution in [0.1, 0.15) is 18.1 Å². The van der Waals surface area contributed by atoms with Crippen LogP contribution in [0, 0.1) is 6.92 Å². The molecule has 0 aliphatic heterocycles. The second-order valence-electron chi connectivity index (χ2n) is 5.28. The smallest absolute Gasteiger partial charge is 0.387 e. The van der Waals surface area contributed by atoms with Crippen molar-refractivity contribution < 1.29 is 23.0 Å². The standard InChI is InChI=1S/C18H19F2NO3/c1-12-7-9-15(10-8-12)23-13(2)17(22)21-11-14-5-3-4-6-16(14)24-18(19)20/h3-10,13,18H,11H2,1-2H3,(H,21,22). The molecule has 4 nitrogen and oxygen atoms in total. The van der Waals surface area contributed by atoms with Crippen LogP contribution < -0.4 is 14.8 Å². The maximum absolute atomic E-state index is 12.4. The van der Waals surface area contributed by atoms with Crippen molar-refractivity contribution in [2.75, 3.05) is 0 Å². The summed E-state index contributed by atoms with van der Waals surface area (Å²) in [7, 11) is 0. The summed E-state index contributed by atoms with van der Waals surface area (Å²) in [5, 5.41) is 2.66. The zero-order valence-electron chi connectivity index (χ0n) is 13.5. The lowest BCUT2D eigenvalue weighted by Crippen LogP contribution is -2.36. The molecule has 6 heteroatoms. The SMILES string of the molecule is Cc1ccc(OC(C)C(=O)NCc2ccccc2OC(F)F)cc1. The fraction of sp³-hybridized carbons (Fsp3) is 0.278. The van der Waals surface area contributed by atoms with E-state index < -0.39 is 12.7 Å². The lowest BCUT2D eigenvalue weighted by molar-refractivity contribution is -0.127. The highest BCUT2D eigenvalue weighted by Gasteiger charge is 2.16. The molecule has 0 radical (unpaired) electrons. The molecule has 0 heterocycles. The molecular weight excluding hydrogens is 316 g/mol. The van der Waals surface area contributed by atoms with E-state index in [9.17, 15) is 13.6 Å². The van der Waals surface area contributed by atoms with Gasteiger partial charge in [-0.25, -0.2) is 0 Å². The zero-order chi connectivity index (χ0) is 17.5. The molecule has 1 unspecified atom stereocenters. The van der Waals surface area contributed by atoms with Crippen LogP contribution in [0.2, 0.25) is 0 Å². The number of hydrogen-bond donors (Lipinski definition) is 1. The van der Waals surface area contributed by atoms with Crippen LogP contribution in [-0.4, -0.2) is 18.6 Å². The van der Waals surface area contributed by atoms with Crippen molar-refractivity contribution in [3.8, 4) is 11.5 Å². The fourth-order valence-electron chi connectivity index (χ4n) is 2.06. The van der Waals surface area contributed by atoms with Crippen molar-refractivity contribution in [3.05, 3.63) is 59.7 Å². The minimum Gasteiger partial charge on any atom is -0.481 e. The summed E-state index contributed by atoms with van der Waals surface area (Å²) < 4.78 is 34.7. The summed E-state index contributed by atoms with van der Waals surface area (Å²) in [4.78, 5) is 12.1. The van der Waals surface area contributed by atoms with Gasteiger partial charge in [0.1, 0.15) is 11.5 Å². The van der Waals surface area contributed by atoms with Gasteiger partial charge >= 0.3 is 6.61 Å². The number of carbonyl (C=O) groups is 1. The third-order valence-electron chi connectivity index (χ3n) is 3.34. The third-order valence-corrected chi connectivity index (χ3v) is 3.34. The molecule has 128 valence electrons. The van der Waals surface area contributed by atoms with Crippen LogP contribution in [-0.2, 0) is 11.3 Å². The molecule has 2 aromatic carbocycles. The summed E-state index contributed by atoms with van der Waals surface area (Å²) >= 11 is 0. The molecule has 0 aliphatic carbocycles. The van der Waals surface area contributed by atoms with E-state index in [4.69, 9.17) is 4.74 Å². The Morgan fingerprint density at radius 1 is 1.08 bits per heavy atom. The van der Waals surface area contributed by atoms with Gasteiger partial charge in [0.05, 0.1) is 0 Å². The molecule has 24 heavy (non-hydrogen) atoms. The quantitative estimate of drug-likeness (QED) is 0.840. The third kappa shape index (κ3) is 5.22. The molecule has 2 rings (SSSR count). The van der Waals surface area contributed by atoms with Crippen molar-refractivity contribution in [2.24, 2.45) is 0 Å². The molecule has 0 aliphatic rings. The number of amides is 1. The van der Waals surface area contributed by atoms with Crippen molar-refractivity contribution >= 4 is 5.91 Å². The van der Waals surface area contributed by atoms with Gasteiger partial charge in [0.2, 0.25) is 0 Å². The number of rotatable bonds is 7. The molecule has 0 bridgehead atoms. The second-order valence-corrected chi connectivity index (χ2v) is 5.28. The summed E-state index contributed by atoms with van der Waals surface area (Å²) in [6.45, 7) is 0.740. The van der Waals surface area contributed by atoms with Crippen LogP contribution >= 0.6 is 0 Å². The van der Waals surface area contributed by atoms with E-state index in [1.54, 1.807) is 37.3 Å². The molecule has 0 aromatic heterocycles. The molecule has 0 saturated heterocycles. The van der Waals surface area contributed by atoms with Gasteiger partial charge in [0.15, 0.2) is 6.10 Å². The fourth-order valence-corrected chi connectivity index (χ4v) is 2.06. The predicted molar refractivity (Wildman–Crippen MR) is 86.2 cm³/mol. The van der Waals surface area contributed by atoms with Crippen molar-refractivity contribution in [2.45, 2.75) is 33.1 Å². The van der Waals surface area contributed by atoms with E-state index in [2.05, 4.69) is 10.1 Å². The van der Waals surface area contributed by atoms with Gasteiger partial charge in [0.25, 0.3) is 5.91 Å². The molecule has 1 N–H and O–H groups in total. The number of nitrogens with one attached hydrogen (secondary N) is 1. The van der Waals surface area contributed by atoms with Gasteiger partial charge in [-0.3, -0.25) is 4.79 Å². The first-order chi connectivity index (χ1) is 11.5. The Kier molecular flexibility index (Phi) is 6.12. The number of benzene rings is 2. The Morgan fingerprint density at radius 2 is 1.75 bits per heavy atom. The van der Waals surface area contributed by atoms with E-state index >= 15 is 0 Å². The van der Waals surface area contributed by atoms with Crippen molar-refractivity contribution in [1.82, 2.24) is 5.32 Å². The van der Waals surface area contributed by atoms with Crippen LogP contribution in [0.5, 0.6) is 11.5 Å². The molecule has 0 fully saturated rings. The Hall–Kier alpha value is -2.63. The Labute approximate surface area is 139 Å². The van der Waals surface area contributed by atoms with E-state index in [1.807, 2.05) is 19.1 Å². The minimum atomic E-state index is -2.91. The number of aryl methyl sites for hydroxylation is 1. The summed E-state index contributed by atoms with van der Waals surface area (Å²) in [5.41, 5.74) is 1.56. The maximum atomic E-state index is 12.4. The first-order valence-corrected chi connectivity index (χ1v) is 7.49. The first-order valence-electron chi connectivity index (χ1n) is 7.49. The average Bonchev–Trinajstić information content (AvgIpc) is 2.55. The van der Waals surface area contributed by atoms with Gasteiger partial charge in [-0.15, -0.1) is 0 Å². The Bertz CT molecular complexity index is 674. The second kappa shape index (κ2) is 8.29. The largest absolute Gasteiger partial charge is 0.481 e. The van der Waals surface area contributed by atoms with Crippen LogP contribution in [0.15, 0.2) is 48.5 Å². The normalized spacial score (nSPS) is 11.9. The molecule has 2 aromatic rings. The summed E-state index contributed by atoms with van der Waals surface area (Å²) in [6.07, 6.45) is -0.712. The predicted octanol–water partition coefficient (Wildman–Crippen LogP) is 3.68. The Balaban J connectivity index is 1.91. The molecule has 1 amide bonds. The van der Waals surface area contributed by atoms with Gasteiger partial charge in [-0.1, -0.05) is 35.9 Å². The van der Waals surface area contributed by atoms with Crippen molar-refractivity contribution in [3.63, 3.8) is 0 Å². The van der Waals surface area contributed by atoms with Crippen LogP contribution in [0.3, 0.4) is 0 Å². The molecular formula is C18H19F2NO3. The zero-order valence-corrected chi connectivity index (χ0v) is 13.5. The number of carbonyl (C=O) groups excluding carboxylic acids is 1. The first kappa shape index (κ1) is 17.7. The minimum absolute atomic E-state index is 0.0416. The number of ether oxygens (including phenoxy) is 2. The van der Waals surface area contributed by atoms with Crippen LogP contribution in [0.4, 0.5) is 8.78 Å². The van der Waals surface area contributed by atoms with Gasteiger partial charge in [-0.05, 0) is 32.0 Å². The summed E-state index contributed by atoms with van der Waals surface area (Å²) in [5.74, 6) is 0.284. The van der Waals surface area contributed by atoms with E-state index in [0.29, 0.717) is 11.3 Å². The molecule has 0 spiro atoms. The number of para-hydroxylation sites is 1. The van der Waals surface area contributed by atoms with Crippen molar-refractivity contribution in [1.29, 1.82) is 0 Å². The topological polar surface area (TPSA) is 47.6 Å². The highest BCUT2D eigenvalue weighted by molar-refractivity contribution is 5.80. The van der Waals surface area contributed by atoms with E-state index in [1.165, 1.54) is 6.07 Å². The van der Waals surface area contributed by atoms with Gasteiger partial charge in [-0.2, -0.15) is 8.78 Å². The number of hydrogen-bond acceptors (Lipinski definition) is 3. The molecule has 0 saturated carbocycles. The Morgan fingerprint density at radius 3 is 2.42 bits per heavy atom. The van der Waals surface area contributed by atoms with E-state index in [0.717, 1.165) is 5.56 Å². The highest BCUT2D eigenvalue weighted by atomic mass is 19.3. The maximum Gasteiger partial charge on any atom is 0.387 e. The monoisotopic (exact) mass is 335 g/mol. The number of alkyl halides is 2. The van der Waals surface area contributed by atoms with Gasteiger partial charge in [0, 0.05) is 12.1 Å². The van der Waals surface area contributed by atoms with E-state index in [-0.39, 0.29) is 18.2 Å². The number of halogens is 2. The highest BCUT2D eigenvalue weighted by Crippen LogP contribution is 2.20. The lowest BCUT2D eigenvalue weighted by atomic mass is 10.2. The van der Waals surface area contributed by atoms with Crippen LogP contribution in [0.25, 0.3) is 0 Å². The average molecular weight is 335 g/mol. The summed E-state index contributed by atoms with van der Waals surface area (Å²) in [6, 6.07) is 13.7.